The standard InChI is InChI=1S/C29H28ClF3N4O6S/c30-25-13-10-21(29(31,32)33)15-26(25)37(44(40,41)24-6-2-1-3-7-24)18-27(38)36-35-16-20-8-11-22(12-9-20)43-19-28(39)34-17-23-5-4-14-42-23/h1-3,6-13,15-16,23H,4-5,14,17-19H2,(H,34,39)(H,36,38)/b35-16+. The molecule has 1 aliphatic rings. The van der Waals surface area contributed by atoms with Crippen molar-refractivity contribution in [3.8, 4) is 5.75 Å². The number of carbonyl (C=O) groups is 2. The minimum absolute atomic E-state index is 0.0210. The lowest BCUT2D eigenvalue weighted by atomic mass is 10.2. The fourth-order valence-electron chi connectivity index (χ4n) is 4.13. The van der Waals surface area contributed by atoms with E-state index in [4.69, 9.17) is 21.1 Å². The Morgan fingerprint density at radius 1 is 1.07 bits per heavy atom. The monoisotopic (exact) mass is 652 g/mol. The van der Waals surface area contributed by atoms with Gasteiger partial charge in [0.1, 0.15) is 12.3 Å². The summed E-state index contributed by atoms with van der Waals surface area (Å²) in [7, 11) is -4.52. The van der Waals surface area contributed by atoms with Crippen molar-refractivity contribution in [1.29, 1.82) is 0 Å². The molecular weight excluding hydrogens is 625 g/mol. The van der Waals surface area contributed by atoms with E-state index in [0.717, 1.165) is 18.9 Å². The molecule has 0 spiro atoms. The SMILES string of the molecule is O=C(COc1ccc(/C=N/NC(=O)CN(c2cc(C(F)(F)F)ccc2Cl)S(=O)(=O)c2ccccc2)cc1)NCC1CCCO1. The Kier molecular flexibility index (Phi) is 10.8. The van der Waals surface area contributed by atoms with Gasteiger partial charge in [0.25, 0.3) is 21.8 Å². The zero-order chi connectivity index (χ0) is 31.7. The molecule has 2 amide bonds. The number of hydrazone groups is 1. The summed E-state index contributed by atoms with van der Waals surface area (Å²) in [5.41, 5.74) is 1.03. The number of anilines is 1. The number of hydrogen-bond acceptors (Lipinski definition) is 7. The van der Waals surface area contributed by atoms with Crippen LogP contribution >= 0.6 is 11.6 Å². The van der Waals surface area contributed by atoms with Crippen LogP contribution in [0.3, 0.4) is 0 Å². The van der Waals surface area contributed by atoms with Crippen LogP contribution in [0.1, 0.15) is 24.0 Å². The summed E-state index contributed by atoms with van der Waals surface area (Å²) in [6.07, 6.45) is -1.62. The van der Waals surface area contributed by atoms with Gasteiger partial charge in [0.15, 0.2) is 6.61 Å². The molecule has 1 saturated heterocycles. The van der Waals surface area contributed by atoms with E-state index in [1.54, 1.807) is 30.3 Å². The van der Waals surface area contributed by atoms with Gasteiger partial charge in [-0.3, -0.25) is 13.9 Å². The Morgan fingerprint density at radius 3 is 2.45 bits per heavy atom. The largest absolute Gasteiger partial charge is 0.484 e. The van der Waals surface area contributed by atoms with Crippen LogP contribution in [-0.4, -0.2) is 58.9 Å². The van der Waals surface area contributed by atoms with Gasteiger partial charge in [-0.1, -0.05) is 29.8 Å². The maximum Gasteiger partial charge on any atom is 0.416 e. The Morgan fingerprint density at radius 2 is 1.80 bits per heavy atom. The third-order valence-electron chi connectivity index (χ3n) is 6.36. The van der Waals surface area contributed by atoms with E-state index in [1.165, 1.54) is 30.5 Å². The van der Waals surface area contributed by atoms with Crippen LogP contribution in [0.5, 0.6) is 5.75 Å². The zero-order valence-corrected chi connectivity index (χ0v) is 24.7. The number of alkyl halides is 3. The topological polar surface area (TPSA) is 126 Å². The van der Waals surface area contributed by atoms with E-state index in [1.807, 2.05) is 0 Å². The predicted octanol–water partition coefficient (Wildman–Crippen LogP) is 4.38. The van der Waals surface area contributed by atoms with Gasteiger partial charge in [0.05, 0.1) is 33.5 Å². The predicted molar refractivity (Wildman–Crippen MR) is 157 cm³/mol. The van der Waals surface area contributed by atoms with Gasteiger partial charge in [-0.15, -0.1) is 0 Å². The highest BCUT2D eigenvalue weighted by molar-refractivity contribution is 7.92. The minimum Gasteiger partial charge on any atom is -0.484 e. The van der Waals surface area contributed by atoms with Crippen LogP contribution in [0.15, 0.2) is 82.8 Å². The Labute approximate surface area is 256 Å². The molecule has 10 nitrogen and oxygen atoms in total. The summed E-state index contributed by atoms with van der Waals surface area (Å²) in [4.78, 5) is 24.5. The first-order chi connectivity index (χ1) is 20.9. The van der Waals surface area contributed by atoms with Gasteiger partial charge in [0.2, 0.25) is 0 Å². The molecule has 0 saturated carbocycles. The summed E-state index contributed by atoms with van der Waals surface area (Å²) in [5, 5.41) is 6.25. The van der Waals surface area contributed by atoms with E-state index in [-0.39, 0.29) is 28.5 Å². The average Bonchev–Trinajstić information content (AvgIpc) is 3.52. The normalized spacial score (nSPS) is 15.2. The van der Waals surface area contributed by atoms with Crippen LogP contribution in [0.25, 0.3) is 0 Å². The highest BCUT2D eigenvalue weighted by Gasteiger charge is 2.34. The van der Waals surface area contributed by atoms with Crippen molar-refractivity contribution in [2.75, 3.05) is 30.6 Å². The number of hydrogen-bond donors (Lipinski definition) is 2. The number of carbonyl (C=O) groups excluding carboxylic acids is 2. The summed E-state index contributed by atoms with van der Waals surface area (Å²) in [6, 6.07) is 15.5. The van der Waals surface area contributed by atoms with Crippen LogP contribution in [0.4, 0.5) is 18.9 Å². The molecule has 0 radical (unpaired) electrons. The first-order valence-corrected chi connectivity index (χ1v) is 15.1. The number of nitrogens with zero attached hydrogens (tertiary/aromatic N) is 2. The second kappa shape index (κ2) is 14.6. The Hall–Kier alpha value is -4.14. The summed E-state index contributed by atoms with van der Waals surface area (Å²) in [5.74, 6) is -0.815. The van der Waals surface area contributed by atoms with Crippen molar-refractivity contribution in [2.45, 2.75) is 30.0 Å². The fourth-order valence-corrected chi connectivity index (χ4v) is 5.85. The van der Waals surface area contributed by atoms with E-state index in [0.29, 0.717) is 40.9 Å². The second-order valence-corrected chi connectivity index (χ2v) is 11.8. The van der Waals surface area contributed by atoms with Crippen LogP contribution in [-0.2, 0) is 30.5 Å². The first-order valence-electron chi connectivity index (χ1n) is 13.3. The van der Waals surface area contributed by atoms with Crippen molar-refractivity contribution in [2.24, 2.45) is 5.10 Å². The number of benzene rings is 3. The van der Waals surface area contributed by atoms with Gasteiger partial charge < -0.3 is 14.8 Å². The molecule has 3 aromatic carbocycles. The molecule has 4 rings (SSSR count). The van der Waals surface area contributed by atoms with Crippen molar-refractivity contribution < 1.29 is 40.7 Å². The number of halogens is 4. The van der Waals surface area contributed by atoms with E-state index in [9.17, 15) is 31.2 Å². The third kappa shape index (κ3) is 8.94. The molecule has 0 bridgehead atoms. The molecular formula is C29H28ClF3N4O6S. The number of ether oxygens (including phenoxy) is 2. The molecule has 234 valence electrons. The second-order valence-electron chi connectivity index (χ2n) is 9.58. The molecule has 1 heterocycles. The molecule has 44 heavy (non-hydrogen) atoms. The van der Waals surface area contributed by atoms with Gasteiger partial charge in [0, 0.05) is 13.2 Å². The number of rotatable bonds is 12. The molecule has 0 aliphatic carbocycles. The fraction of sp³-hybridized carbons (Fsp3) is 0.276. The number of nitrogens with one attached hydrogen (secondary N) is 2. The molecule has 2 N–H and O–H groups in total. The lowest BCUT2D eigenvalue weighted by Crippen LogP contribution is -2.40. The zero-order valence-electron chi connectivity index (χ0n) is 23.1. The van der Waals surface area contributed by atoms with Crippen molar-refractivity contribution in [1.82, 2.24) is 10.7 Å². The van der Waals surface area contributed by atoms with Gasteiger partial charge in [-0.2, -0.15) is 18.3 Å². The lowest BCUT2D eigenvalue weighted by molar-refractivity contribution is -0.137. The molecule has 15 heteroatoms. The van der Waals surface area contributed by atoms with Crippen LogP contribution in [0, 0.1) is 0 Å². The minimum atomic E-state index is -4.79. The number of sulfonamides is 1. The molecule has 0 aromatic heterocycles. The van der Waals surface area contributed by atoms with Gasteiger partial charge in [-0.25, -0.2) is 13.8 Å². The molecule has 1 fully saturated rings. The Bertz CT molecular complexity index is 1580. The summed E-state index contributed by atoms with van der Waals surface area (Å²) in [6.45, 7) is 0.0116. The third-order valence-corrected chi connectivity index (χ3v) is 8.46. The highest BCUT2D eigenvalue weighted by atomic mass is 35.5. The van der Waals surface area contributed by atoms with E-state index < -0.39 is 39.9 Å². The molecule has 1 atom stereocenters. The van der Waals surface area contributed by atoms with Crippen molar-refractivity contribution in [3.05, 3.63) is 88.9 Å². The maximum absolute atomic E-state index is 13.4. The van der Waals surface area contributed by atoms with Crippen LogP contribution < -0.4 is 19.8 Å². The summed E-state index contributed by atoms with van der Waals surface area (Å²) >= 11 is 6.13. The highest BCUT2D eigenvalue weighted by Crippen LogP contribution is 2.37. The summed E-state index contributed by atoms with van der Waals surface area (Å²) < 4.78 is 78.5. The van der Waals surface area contributed by atoms with Gasteiger partial charge >= 0.3 is 6.18 Å². The van der Waals surface area contributed by atoms with Gasteiger partial charge in [-0.05, 0) is 73.0 Å². The average molecular weight is 653 g/mol. The number of amides is 2. The van der Waals surface area contributed by atoms with E-state index >= 15 is 0 Å². The molecule has 3 aromatic rings. The first kappa shape index (κ1) is 32.8. The lowest BCUT2D eigenvalue weighted by Gasteiger charge is -2.25. The van der Waals surface area contributed by atoms with Crippen molar-refractivity contribution in [3.63, 3.8) is 0 Å². The smallest absolute Gasteiger partial charge is 0.416 e. The molecule has 1 unspecified atom stereocenters. The van der Waals surface area contributed by atoms with E-state index in [2.05, 4.69) is 15.8 Å². The maximum atomic E-state index is 13.4. The van der Waals surface area contributed by atoms with Crippen LogP contribution in [0.2, 0.25) is 5.02 Å². The Balaban J connectivity index is 1.39. The quantitative estimate of drug-likeness (QED) is 0.221. The van der Waals surface area contributed by atoms with Crippen molar-refractivity contribution >= 4 is 45.3 Å². The molecule has 1 aliphatic heterocycles.